The Labute approximate surface area is 471 Å². The summed E-state index contributed by atoms with van der Waals surface area (Å²) >= 11 is 0. The summed E-state index contributed by atoms with van der Waals surface area (Å²) in [5.41, 5.74) is 6.14. The molecule has 2 rings (SSSR count). The molecule has 1 aromatic rings. The van der Waals surface area contributed by atoms with Crippen molar-refractivity contribution in [3.05, 3.63) is 35.9 Å². The maximum absolute atomic E-state index is 14.0. The van der Waals surface area contributed by atoms with Gasteiger partial charge in [-0.15, -0.1) is 0 Å². The zero-order valence-corrected chi connectivity index (χ0v) is 46.1. The molecule has 11 amide bonds. The van der Waals surface area contributed by atoms with Crippen LogP contribution in [0.1, 0.15) is 84.6 Å². The van der Waals surface area contributed by atoms with Crippen LogP contribution in [0.15, 0.2) is 30.3 Å². The number of carboxylic acid groups (broad SMARTS) is 4. The number of aliphatic carboxylic acids is 4. The molecule has 0 radical (unpaired) electrons. The van der Waals surface area contributed by atoms with Gasteiger partial charge in [0.05, 0.1) is 19.1 Å². The molecule has 1 aromatic carbocycles. The van der Waals surface area contributed by atoms with Crippen LogP contribution in [0.5, 0.6) is 0 Å². The standard InChI is InChI=1S/C48H69N11O20S2/c1-22(2)16-29-44(75)57-31(18-38(69)70)46(77)54-27(11-14-36(65)66)42(73)53-28(12-15-37(67)68)43(74)59-39(23(3)60)48(79)50-19-34(62)52-26(10-13-35(63)64)41(72)56-30(17-25-8-6-5-7-9-25)45(76)58-32(40(49)71)20-80-81-21-33(47(78)55-29)51-24(4)61/h5-9,22-23,26-33,39,60H,10-21H2,1-4H3,(H2,49,71)(H,50,79)(H,51,61)(H,52,62)(H,53,73)(H,54,77)(H,55,78)(H,56,72)(H,57,75)(H,58,76)(H,59,74)(H,63,64)(H,65,66)(H,67,68)(H,69,70)/t23-,26+,27+,28+,29+,30+,31+,32+,33+,39+/m1/s1. The van der Waals surface area contributed by atoms with Crippen LogP contribution in [0.4, 0.5) is 0 Å². The van der Waals surface area contributed by atoms with Crippen molar-refractivity contribution >= 4 is 110 Å². The highest BCUT2D eigenvalue weighted by Gasteiger charge is 2.37. The number of carbonyl (C=O) groups excluding carboxylic acids is 11. The van der Waals surface area contributed by atoms with Gasteiger partial charge in [-0.25, -0.2) is 0 Å². The number of aliphatic hydroxyl groups excluding tert-OH is 1. The molecular weight excluding hydrogens is 1110 g/mol. The Morgan fingerprint density at radius 3 is 1.49 bits per heavy atom. The molecule has 1 aliphatic heterocycles. The number of primary amides is 1. The third-order valence-corrected chi connectivity index (χ3v) is 13.9. The van der Waals surface area contributed by atoms with E-state index in [2.05, 4.69) is 53.2 Å². The van der Waals surface area contributed by atoms with Gasteiger partial charge in [0.1, 0.15) is 54.4 Å². The first kappa shape index (κ1) is 69.0. The van der Waals surface area contributed by atoms with Crippen molar-refractivity contribution in [3.63, 3.8) is 0 Å². The third-order valence-electron chi connectivity index (χ3n) is 11.5. The number of hydrogen-bond donors (Lipinski definition) is 16. The third kappa shape index (κ3) is 26.6. The Bertz CT molecular complexity index is 2470. The molecule has 1 aliphatic rings. The van der Waals surface area contributed by atoms with Crippen LogP contribution < -0.4 is 58.9 Å². The van der Waals surface area contributed by atoms with Crippen molar-refractivity contribution < 1.29 is 97.5 Å². The molecule has 448 valence electrons. The minimum Gasteiger partial charge on any atom is -0.481 e. The monoisotopic (exact) mass is 1180 g/mol. The van der Waals surface area contributed by atoms with E-state index in [0.717, 1.165) is 35.4 Å². The van der Waals surface area contributed by atoms with Gasteiger partial charge in [-0.2, -0.15) is 0 Å². The Balaban J connectivity index is 2.77. The number of carbonyl (C=O) groups is 15. The lowest BCUT2D eigenvalue weighted by Gasteiger charge is -2.28. The number of nitrogens with two attached hydrogens (primary N) is 1. The summed E-state index contributed by atoms with van der Waals surface area (Å²) in [7, 11) is 1.79. The first-order valence-corrected chi connectivity index (χ1v) is 27.6. The molecule has 17 N–H and O–H groups in total. The smallest absolute Gasteiger partial charge is 0.305 e. The van der Waals surface area contributed by atoms with Gasteiger partial charge in [0.15, 0.2) is 0 Å². The topological polar surface area (TPSA) is 504 Å². The minimum atomic E-state index is -2.05. The molecule has 0 unspecified atom stereocenters. The van der Waals surface area contributed by atoms with Crippen molar-refractivity contribution in [2.45, 2.75) is 146 Å². The summed E-state index contributed by atoms with van der Waals surface area (Å²) in [5, 5.41) is 71.6. The van der Waals surface area contributed by atoms with Crippen LogP contribution in [-0.2, 0) is 78.3 Å². The van der Waals surface area contributed by atoms with E-state index < -0.39 is 201 Å². The lowest BCUT2D eigenvalue weighted by atomic mass is 10.0. The lowest BCUT2D eigenvalue weighted by Crippen LogP contribution is -2.61. The average molecular weight is 1180 g/mol. The molecule has 1 heterocycles. The SMILES string of the molecule is CC(=O)N[C@H]1CSSC[C@@H](C(N)=O)NC(=O)[C@H](Cc2ccccc2)NC(=O)[C@H](CCC(=O)O)NC(=O)CNC(=O)[C@H]([C@@H](C)O)NC(=O)[C@H](CCC(=O)O)NC(=O)[C@H](CCC(=O)O)NC(=O)[C@H](CC(=O)O)NC(=O)[C@H](CC(C)C)NC1=O. The van der Waals surface area contributed by atoms with E-state index in [1.165, 1.54) is 0 Å². The average Bonchev–Trinajstić information content (AvgIpc) is 3.37. The molecule has 1 fully saturated rings. The van der Waals surface area contributed by atoms with Gasteiger partial charge >= 0.3 is 23.9 Å². The van der Waals surface area contributed by atoms with Gasteiger partial charge in [-0.1, -0.05) is 65.8 Å². The molecule has 0 aromatic heterocycles. The first-order valence-electron chi connectivity index (χ1n) is 25.1. The van der Waals surface area contributed by atoms with Crippen LogP contribution >= 0.6 is 21.6 Å². The van der Waals surface area contributed by atoms with Gasteiger partial charge in [0.2, 0.25) is 65.0 Å². The zero-order valence-electron chi connectivity index (χ0n) is 44.5. The summed E-state index contributed by atoms with van der Waals surface area (Å²) in [4.78, 5) is 196. The number of rotatable bonds is 18. The fourth-order valence-corrected chi connectivity index (χ4v) is 9.77. The Kier molecular flexibility index (Phi) is 29.7. The molecular formula is C48H69N11O20S2. The number of amides is 11. The molecule has 0 saturated carbocycles. The van der Waals surface area contributed by atoms with E-state index in [-0.39, 0.29) is 30.3 Å². The minimum absolute atomic E-state index is 0.155. The molecule has 0 aliphatic carbocycles. The number of aliphatic hydroxyl groups is 1. The summed E-state index contributed by atoms with van der Waals surface area (Å²) < 4.78 is 0. The first-order chi connectivity index (χ1) is 38.0. The van der Waals surface area contributed by atoms with Crippen LogP contribution in [0.2, 0.25) is 0 Å². The van der Waals surface area contributed by atoms with Crippen molar-refractivity contribution in [3.8, 4) is 0 Å². The van der Waals surface area contributed by atoms with Gasteiger partial charge in [0, 0.05) is 44.1 Å². The summed E-state index contributed by atoms with van der Waals surface area (Å²) in [6, 6.07) is -7.54. The quantitative estimate of drug-likeness (QED) is 0.0613. The van der Waals surface area contributed by atoms with E-state index in [1.807, 2.05) is 0 Å². The summed E-state index contributed by atoms with van der Waals surface area (Å²) in [6.45, 7) is 4.36. The summed E-state index contributed by atoms with van der Waals surface area (Å²) in [5.74, 6) is -19.5. The number of hydrogen-bond acceptors (Lipinski definition) is 18. The normalized spacial score (nSPS) is 24.4. The second kappa shape index (κ2) is 34.8. The van der Waals surface area contributed by atoms with Crippen molar-refractivity contribution in [2.75, 3.05) is 18.1 Å². The van der Waals surface area contributed by atoms with E-state index in [9.17, 15) is 97.5 Å². The number of benzene rings is 1. The Morgan fingerprint density at radius 2 is 1.01 bits per heavy atom. The molecule has 31 nitrogen and oxygen atoms in total. The van der Waals surface area contributed by atoms with Gasteiger partial charge in [-0.05, 0) is 44.1 Å². The van der Waals surface area contributed by atoms with Crippen molar-refractivity contribution in [1.82, 2.24) is 53.2 Å². The predicted molar refractivity (Wildman–Crippen MR) is 284 cm³/mol. The second-order valence-electron chi connectivity index (χ2n) is 18.9. The van der Waals surface area contributed by atoms with E-state index in [1.54, 1.807) is 44.2 Å². The molecule has 0 spiro atoms. The Hall–Kier alpha value is -8.07. The predicted octanol–water partition coefficient (Wildman–Crippen LogP) is -4.90. The lowest BCUT2D eigenvalue weighted by molar-refractivity contribution is -0.142. The van der Waals surface area contributed by atoms with E-state index in [4.69, 9.17) is 5.73 Å². The highest BCUT2D eigenvalue weighted by Crippen LogP contribution is 2.24. The van der Waals surface area contributed by atoms with Crippen molar-refractivity contribution in [2.24, 2.45) is 11.7 Å². The van der Waals surface area contributed by atoms with Crippen LogP contribution in [-0.4, -0.2) is 193 Å². The number of nitrogens with one attached hydrogen (secondary N) is 10. The molecule has 81 heavy (non-hydrogen) atoms. The van der Waals surface area contributed by atoms with Crippen LogP contribution in [0.25, 0.3) is 0 Å². The van der Waals surface area contributed by atoms with Crippen LogP contribution in [0.3, 0.4) is 0 Å². The molecule has 10 atom stereocenters. The summed E-state index contributed by atoms with van der Waals surface area (Å²) in [6.07, 6.45) is -7.86. The van der Waals surface area contributed by atoms with Gasteiger partial charge in [0.25, 0.3) is 0 Å². The Morgan fingerprint density at radius 1 is 0.568 bits per heavy atom. The maximum Gasteiger partial charge on any atom is 0.305 e. The number of carboxylic acids is 4. The fraction of sp³-hybridized carbons (Fsp3) is 0.562. The fourth-order valence-electron chi connectivity index (χ4n) is 7.43. The highest BCUT2D eigenvalue weighted by molar-refractivity contribution is 8.76. The van der Waals surface area contributed by atoms with E-state index in [0.29, 0.717) is 5.56 Å². The van der Waals surface area contributed by atoms with Gasteiger partial charge in [-0.3, -0.25) is 71.9 Å². The van der Waals surface area contributed by atoms with Crippen LogP contribution in [0, 0.1) is 5.92 Å². The second-order valence-corrected chi connectivity index (χ2v) is 21.4. The largest absolute Gasteiger partial charge is 0.481 e. The van der Waals surface area contributed by atoms with E-state index >= 15 is 0 Å². The maximum atomic E-state index is 14.0. The molecule has 0 bridgehead atoms. The zero-order chi connectivity index (χ0) is 61.1. The van der Waals surface area contributed by atoms with Crippen molar-refractivity contribution in [1.29, 1.82) is 0 Å². The highest BCUT2D eigenvalue weighted by atomic mass is 33.1. The molecule has 33 heteroatoms. The molecule has 1 saturated heterocycles. The van der Waals surface area contributed by atoms with Gasteiger partial charge < -0.3 is 84.4 Å².